The van der Waals surface area contributed by atoms with Gasteiger partial charge < -0.3 is 9.84 Å². The largest absolute Gasteiger partial charge is 0.491 e. The molecule has 1 aliphatic rings. The molecule has 2 heteroatoms. The van der Waals surface area contributed by atoms with E-state index in [1.807, 2.05) is 37.3 Å². The molecule has 0 saturated heterocycles. The number of rotatable bonds is 4. The van der Waals surface area contributed by atoms with Gasteiger partial charge in [-0.1, -0.05) is 30.3 Å². The summed E-state index contributed by atoms with van der Waals surface area (Å²) in [5.74, 6) is 0.864. The molecule has 0 bridgehead atoms. The lowest BCUT2D eigenvalue weighted by molar-refractivity contribution is 0.107. The fourth-order valence-corrected chi connectivity index (χ4v) is 3.03. The van der Waals surface area contributed by atoms with Crippen molar-refractivity contribution in [1.29, 1.82) is 0 Å². The van der Waals surface area contributed by atoms with Crippen LogP contribution >= 0.6 is 0 Å². The summed E-state index contributed by atoms with van der Waals surface area (Å²) in [4.78, 5) is 0. The zero-order valence-electron chi connectivity index (χ0n) is 12.5. The van der Waals surface area contributed by atoms with Crippen LogP contribution in [-0.4, -0.2) is 11.7 Å². The molecule has 0 saturated carbocycles. The van der Waals surface area contributed by atoms with Gasteiger partial charge in [0.25, 0.3) is 0 Å². The Bertz CT molecular complexity index is 619. The minimum Gasteiger partial charge on any atom is -0.491 e. The van der Waals surface area contributed by atoms with E-state index in [0.29, 0.717) is 6.61 Å². The Kier molecular flexibility index (Phi) is 4.26. The lowest BCUT2D eigenvalue weighted by atomic mass is 9.92. The Labute approximate surface area is 126 Å². The van der Waals surface area contributed by atoms with Crippen molar-refractivity contribution >= 4 is 0 Å². The maximum Gasteiger partial charge on any atom is 0.119 e. The maximum absolute atomic E-state index is 10.3. The monoisotopic (exact) mass is 282 g/mol. The molecule has 1 unspecified atom stereocenters. The second-order valence-electron chi connectivity index (χ2n) is 5.82. The van der Waals surface area contributed by atoms with Crippen LogP contribution in [0.2, 0.25) is 0 Å². The molecule has 1 aliphatic carbocycles. The summed E-state index contributed by atoms with van der Waals surface area (Å²) in [5, 5.41) is 10.3. The lowest BCUT2D eigenvalue weighted by Gasteiger charge is -2.18. The molecule has 1 atom stereocenters. The van der Waals surface area contributed by atoms with Crippen molar-refractivity contribution < 1.29 is 9.84 Å². The van der Waals surface area contributed by atoms with Crippen LogP contribution in [-0.2, 0) is 12.8 Å². The first kappa shape index (κ1) is 14.2. The van der Waals surface area contributed by atoms with Gasteiger partial charge in [0, 0.05) is 0 Å². The topological polar surface area (TPSA) is 29.5 Å². The molecule has 3 rings (SSSR count). The number of hydrogen-bond donors (Lipinski definition) is 1. The molecule has 2 aromatic carbocycles. The number of aliphatic hydroxyl groups is 1. The summed E-state index contributed by atoms with van der Waals surface area (Å²) in [6.45, 7) is 2.31. The van der Waals surface area contributed by atoms with Gasteiger partial charge in [0.05, 0.1) is 0 Å². The van der Waals surface area contributed by atoms with Crippen molar-refractivity contribution in [2.24, 2.45) is 0 Å². The summed E-state index contributed by atoms with van der Waals surface area (Å²) in [7, 11) is 0. The van der Waals surface area contributed by atoms with Crippen molar-refractivity contribution in [1.82, 2.24) is 0 Å². The number of fused-ring (bicyclic) bond motifs is 1. The normalized spacial score (nSPS) is 15.3. The van der Waals surface area contributed by atoms with Crippen molar-refractivity contribution in [2.45, 2.75) is 38.7 Å². The van der Waals surface area contributed by atoms with Crippen LogP contribution in [0.3, 0.4) is 0 Å². The van der Waals surface area contributed by atoms with Gasteiger partial charge in [-0.2, -0.15) is 0 Å². The number of benzene rings is 2. The Morgan fingerprint density at radius 3 is 2.62 bits per heavy atom. The van der Waals surface area contributed by atoms with Gasteiger partial charge in [-0.25, -0.2) is 0 Å². The van der Waals surface area contributed by atoms with Crippen LogP contribution in [0.25, 0.3) is 0 Å². The third kappa shape index (κ3) is 3.27. The molecule has 0 radical (unpaired) electrons. The zero-order chi connectivity index (χ0) is 14.7. The summed E-state index contributed by atoms with van der Waals surface area (Å²) >= 11 is 0. The van der Waals surface area contributed by atoms with Crippen LogP contribution < -0.4 is 4.74 Å². The van der Waals surface area contributed by atoms with E-state index in [-0.39, 0.29) is 0 Å². The van der Waals surface area contributed by atoms with E-state index in [4.69, 9.17) is 4.74 Å². The summed E-state index contributed by atoms with van der Waals surface area (Å²) < 4.78 is 5.79. The first-order valence-corrected chi connectivity index (χ1v) is 7.72. The fraction of sp³-hybridized carbons (Fsp3) is 0.368. The predicted octanol–water partition coefficient (Wildman–Crippen LogP) is 3.99. The van der Waals surface area contributed by atoms with Gasteiger partial charge in [-0.15, -0.1) is 0 Å². The minimum atomic E-state index is -0.581. The van der Waals surface area contributed by atoms with Crippen molar-refractivity contribution in [2.75, 3.05) is 6.61 Å². The minimum absolute atomic E-state index is 0.295. The molecule has 2 nitrogen and oxygen atoms in total. The highest BCUT2D eigenvalue weighted by Gasteiger charge is 2.13. The van der Waals surface area contributed by atoms with Gasteiger partial charge in [0.15, 0.2) is 0 Å². The Morgan fingerprint density at radius 1 is 1.05 bits per heavy atom. The summed E-state index contributed by atoms with van der Waals surface area (Å²) in [6, 6.07) is 14.2. The van der Waals surface area contributed by atoms with E-state index in [1.165, 1.54) is 30.4 Å². The summed E-state index contributed by atoms with van der Waals surface area (Å²) in [5.41, 5.74) is 4.90. The molecular formula is C19H22O2. The van der Waals surface area contributed by atoms with E-state index in [0.717, 1.165) is 23.3 Å². The van der Waals surface area contributed by atoms with Gasteiger partial charge >= 0.3 is 0 Å². The molecule has 110 valence electrons. The van der Waals surface area contributed by atoms with E-state index < -0.39 is 6.10 Å². The molecule has 2 aromatic rings. The Morgan fingerprint density at radius 2 is 1.81 bits per heavy atom. The molecule has 0 heterocycles. The van der Waals surface area contributed by atoms with Crippen LogP contribution in [0.1, 0.15) is 41.2 Å². The van der Waals surface area contributed by atoms with Crippen molar-refractivity contribution in [3.63, 3.8) is 0 Å². The van der Waals surface area contributed by atoms with E-state index >= 15 is 0 Å². The third-order valence-electron chi connectivity index (χ3n) is 4.28. The maximum atomic E-state index is 10.3. The molecule has 0 aromatic heterocycles. The van der Waals surface area contributed by atoms with Crippen LogP contribution in [0.5, 0.6) is 5.75 Å². The predicted molar refractivity (Wildman–Crippen MR) is 84.7 cm³/mol. The Balaban J connectivity index is 1.66. The van der Waals surface area contributed by atoms with Gasteiger partial charge in [0.2, 0.25) is 0 Å². The fourth-order valence-electron chi connectivity index (χ4n) is 3.03. The summed E-state index contributed by atoms with van der Waals surface area (Å²) in [6.07, 6.45) is 4.30. The second kappa shape index (κ2) is 6.31. The van der Waals surface area contributed by atoms with Gasteiger partial charge in [0.1, 0.15) is 18.5 Å². The van der Waals surface area contributed by atoms with Gasteiger partial charge in [-0.3, -0.25) is 0 Å². The quantitative estimate of drug-likeness (QED) is 0.919. The number of ether oxygens (including phenoxy) is 1. The van der Waals surface area contributed by atoms with Crippen LogP contribution in [0, 0.1) is 6.92 Å². The van der Waals surface area contributed by atoms with E-state index in [1.54, 1.807) is 0 Å². The number of aryl methyl sites for hydroxylation is 3. The molecular weight excluding hydrogens is 260 g/mol. The standard InChI is InChI=1S/C19H22O2/c1-14-6-2-5-9-18(14)19(20)13-21-17-11-10-15-7-3-4-8-16(15)12-17/h2,5-6,9-12,19-20H,3-4,7-8,13H2,1H3. The highest BCUT2D eigenvalue weighted by atomic mass is 16.5. The highest BCUT2D eigenvalue weighted by Crippen LogP contribution is 2.26. The molecule has 0 aliphatic heterocycles. The number of hydrogen-bond acceptors (Lipinski definition) is 2. The highest BCUT2D eigenvalue weighted by molar-refractivity contribution is 5.37. The third-order valence-corrected chi connectivity index (χ3v) is 4.28. The van der Waals surface area contributed by atoms with Crippen molar-refractivity contribution in [3.8, 4) is 5.75 Å². The average Bonchev–Trinajstić information content (AvgIpc) is 2.53. The molecule has 0 spiro atoms. The SMILES string of the molecule is Cc1ccccc1C(O)COc1ccc2c(c1)CCCC2. The first-order chi connectivity index (χ1) is 10.2. The van der Waals surface area contributed by atoms with E-state index in [9.17, 15) is 5.11 Å². The second-order valence-corrected chi connectivity index (χ2v) is 5.82. The molecule has 0 fully saturated rings. The molecule has 0 amide bonds. The van der Waals surface area contributed by atoms with Crippen molar-refractivity contribution in [3.05, 3.63) is 64.7 Å². The number of aliphatic hydroxyl groups excluding tert-OH is 1. The van der Waals surface area contributed by atoms with E-state index in [2.05, 4.69) is 12.1 Å². The first-order valence-electron chi connectivity index (χ1n) is 7.72. The zero-order valence-corrected chi connectivity index (χ0v) is 12.5. The van der Waals surface area contributed by atoms with Gasteiger partial charge in [-0.05, 0) is 67.0 Å². The Hall–Kier alpha value is -1.80. The van der Waals surface area contributed by atoms with Crippen LogP contribution in [0.15, 0.2) is 42.5 Å². The smallest absolute Gasteiger partial charge is 0.119 e. The lowest BCUT2D eigenvalue weighted by Crippen LogP contribution is -2.11. The molecule has 21 heavy (non-hydrogen) atoms. The van der Waals surface area contributed by atoms with Crippen LogP contribution in [0.4, 0.5) is 0 Å². The average molecular weight is 282 g/mol. The molecule has 1 N–H and O–H groups in total.